The third-order valence-corrected chi connectivity index (χ3v) is 7.21. The van der Waals surface area contributed by atoms with Crippen LogP contribution >= 0.6 is 0 Å². The van der Waals surface area contributed by atoms with Gasteiger partial charge in [0, 0.05) is 26.1 Å². The molecule has 198 valence electrons. The van der Waals surface area contributed by atoms with Crippen LogP contribution in [0.4, 0.5) is 5.69 Å². The lowest BCUT2D eigenvalue weighted by molar-refractivity contribution is -0.141. The molecule has 0 aromatic heterocycles. The van der Waals surface area contributed by atoms with Gasteiger partial charge in [0.1, 0.15) is 11.8 Å². The fourth-order valence-electron chi connectivity index (χ4n) is 4.11. The van der Waals surface area contributed by atoms with E-state index in [2.05, 4.69) is 5.32 Å². The Kier molecular flexibility index (Phi) is 10.8. The van der Waals surface area contributed by atoms with Crippen LogP contribution in [0.5, 0.6) is 5.75 Å². The van der Waals surface area contributed by atoms with E-state index in [9.17, 15) is 18.0 Å². The Balaban J connectivity index is 2.23. The monoisotopic (exact) mass is 517 g/mol. The number of methoxy groups -OCH3 is 1. The van der Waals surface area contributed by atoms with Crippen molar-refractivity contribution in [2.45, 2.75) is 59.5 Å². The molecule has 1 atom stereocenters. The fourth-order valence-corrected chi connectivity index (χ4v) is 5.12. The number of hydrogen-bond donors (Lipinski definition) is 1. The lowest BCUT2D eigenvalue weighted by Crippen LogP contribution is -2.49. The van der Waals surface area contributed by atoms with Crippen LogP contribution in [0, 0.1) is 13.8 Å². The summed E-state index contributed by atoms with van der Waals surface area (Å²) in [7, 11) is -1.95. The second kappa shape index (κ2) is 13.3. The SMILES string of the molecule is CCNC(=O)[C@@H](CC)N(Cc1ccc(OC)cc1)C(=O)CCCN(c1cc(C)ccc1C)S(C)(=O)=O. The number of rotatable bonds is 13. The van der Waals surface area contributed by atoms with Crippen molar-refractivity contribution in [3.8, 4) is 5.75 Å². The van der Waals surface area contributed by atoms with Crippen molar-refractivity contribution in [1.29, 1.82) is 0 Å². The third kappa shape index (κ3) is 7.98. The predicted octanol–water partition coefficient (Wildman–Crippen LogP) is 3.80. The Bertz CT molecular complexity index is 1130. The fraction of sp³-hybridized carbons (Fsp3) is 0.481. The first-order valence-corrected chi connectivity index (χ1v) is 14.1. The first-order valence-electron chi connectivity index (χ1n) is 12.3. The first kappa shape index (κ1) is 29.2. The van der Waals surface area contributed by atoms with Crippen LogP contribution in [0.25, 0.3) is 0 Å². The van der Waals surface area contributed by atoms with Gasteiger partial charge >= 0.3 is 0 Å². The van der Waals surface area contributed by atoms with E-state index < -0.39 is 16.1 Å². The molecule has 2 rings (SSSR count). The highest BCUT2D eigenvalue weighted by atomic mass is 32.2. The summed E-state index contributed by atoms with van der Waals surface area (Å²) < 4.78 is 31.7. The molecule has 2 aromatic carbocycles. The highest BCUT2D eigenvalue weighted by Crippen LogP contribution is 2.25. The molecule has 9 heteroatoms. The van der Waals surface area contributed by atoms with Gasteiger partial charge in [0.2, 0.25) is 21.8 Å². The smallest absolute Gasteiger partial charge is 0.242 e. The van der Waals surface area contributed by atoms with Gasteiger partial charge in [-0.1, -0.05) is 31.2 Å². The second-order valence-corrected chi connectivity index (χ2v) is 10.8. The summed E-state index contributed by atoms with van der Waals surface area (Å²) in [5.41, 5.74) is 3.30. The number of hydrogen-bond acceptors (Lipinski definition) is 5. The van der Waals surface area contributed by atoms with Crippen molar-refractivity contribution in [3.63, 3.8) is 0 Å². The first-order chi connectivity index (χ1) is 17.0. The van der Waals surface area contributed by atoms with Gasteiger partial charge in [0.05, 0.1) is 19.1 Å². The van der Waals surface area contributed by atoms with E-state index in [4.69, 9.17) is 4.74 Å². The minimum Gasteiger partial charge on any atom is -0.497 e. The molecule has 0 aliphatic rings. The maximum Gasteiger partial charge on any atom is 0.242 e. The number of ether oxygens (including phenoxy) is 1. The average Bonchev–Trinajstić information content (AvgIpc) is 2.83. The number of sulfonamides is 1. The molecule has 2 amide bonds. The average molecular weight is 518 g/mol. The lowest BCUT2D eigenvalue weighted by Gasteiger charge is -2.31. The van der Waals surface area contributed by atoms with Crippen LogP contribution in [0.1, 0.15) is 49.8 Å². The molecule has 0 saturated heterocycles. The molecule has 0 saturated carbocycles. The van der Waals surface area contributed by atoms with E-state index in [1.807, 2.05) is 70.2 Å². The van der Waals surface area contributed by atoms with Crippen molar-refractivity contribution in [2.75, 3.05) is 30.8 Å². The molecular weight excluding hydrogens is 478 g/mol. The Morgan fingerprint density at radius 1 is 1.06 bits per heavy atom. The zero-order chi connectivity index (χ0) is 26.9. The number of carbonyl (C=O) groups excluding carboxylic acids is 2. The molecule has 0 aliphatic carbocycles. The van der Waals surface area contributed by atoms with Crippen LogP contribution in [0.2, 0.25) is 0 Å². The van der Waals surface area contributed by atoms with Crippen LogP contribution in [0.3, 0.4) is 0 Å². The Hall–Kier alpha value is -3.07. The molecule has 2 aromatic rings. The van der Waals surface area contributed by atoms with E-state index >= 15 is 0 Å². The summed E-state index contributed by atoms with van der Waals surface area (Å²) in [6.07, 6.45) is 2.08. The maximum atomic E-state index is 13.4. The van der Waals surface area contributed by atoms with Gasteiger partial charge < -0.3 is 15.0 Å². The summed E-state index contributed by atoms with van der Waals surface area (Å²) >= 11 is 0. The highest BCUT2D eigenvalue weighted by molar-refractivity contribution is 7.92. The molecule has 36 heavy (non-hydrogen) atoms. The third-order valence-electron chi connectivity index (χ3n) is 6.03. The normalized spacial score (nSPS) is 12.1. The van der Waals surface area contributed by atoms with Crippen LogP contribution < -0.4 is 14.4 Å². The lowest BCUT2D eigenvalue weighted by atomic mass is 10.1. The highest BCUT2D eigenvalue weighted by Gasteiger charge is 2.28. The number of anilines is 1. The number of benzene rings is 2. The molecule has 0 radical (unpaired) electrons. The summed E-state index contributed by atoms with van der Waals surface area (Å²) in [5, 5.41) is 2.82. The predicted molar refractivity (Wildman–Crippen MR) is 144 cm³/mol. The van der Waals surface area contributed by atoms with Gasteiger partial charge in [0.15, 0.2) is 0 Å². The standard InChI is InChI=1S/C27H39N3O5S/c1-7-24(27(32)28-8-2)29(19-22-13-15-23(35-5)16-14-22)26(31)10-9-17-30(36(6,33)34)25-18-20(3)11-12-21(25)4/h11-16,18,24H,7-10,17,19H2,1-6H3,(H,28,32)/t24-/m1/s1. The van der Waals surface area contributed by atoms with Crippen LogP contribution in [0.15, 0.2) is 42.5 Å². The van der Waals surface area contributed by atoms with E-state index in [1.54, 1.807) is 12.0 Å². The molecule has 0 spiro atoms. The maximum absolute atomic E-state index is 13.4. The van der Waals surface area contributed by atoms with Crippen molar-refractivity contribution >= 4 is 27.5 Å². The zero-order valence-electron chi connectivity index (χ0n) is 22.2. The summed E-state index contributed by atoms with van der Waals surface area (Å²) in [6.45, 7) is 8.41. The molecule has 0 heterocycles. The topological polar surface area (TPSA) is 96.0 Å². The largest absolute Gasteiger partial charge is 0.497 e. The van der Waals surface area contributed by atoms with E-state index in [0.29, 0.717) is 30.8 Å². The number of nitrogens with one attached hydrogen (secondary N) is 1. The number of amides is 2. The number of carbonyl (C=O) groups is 2. The van der Waals surface area contributed by atoms with Gasteiger partial charge in [-0.15, -0.1) is 0 Å². The van der Waals surface area contributed by atoms with E-state index in [-0.39, 0.29) is 31.3 Å². The number of nitrogens with zero attached hydrogens (tertiary/aromatic N) is 2. The second-order valence-electron chi connectivity index (χ2n) is 8.92. The van der Waals surface area contributed by atoms with Gasteiger partial charge in [-0.2, -0.15) is 0 Å². The summed E-state index contributed by atoms with van der Waals surface area (Å²) in [6, 6.07) is 12.4. The molecule has 1 N–H and O–H groups in total. The summed E-state index contributed by atoms with van der Waals surface area (Å²) in [4.78, 5) is 27.8. The quantitative estimate of drug-likeness (QED) is 0.436. The van der Waals surface area contributed by atoms with Crippen LogP contribution in [-0.2, 0) is 26.2 Å². The Morgan fingerprint density at radius 2 is 1.72 bits per heavy atom. The van der Waals surface area contributed by atoms with Crippen molar-refractivity contribution < 1.29 is 22.7 Å². The molecule has 0 unspecified atom stereocenters. The van der Waals surface area contributed by atoms with Gasteiger partial charge in [-0.05, 0) is 68.5 Å². The van der Waals surface area contributed by atoms with Crippen molar-refractivity contribution in [3.05, 3.63) is 59.2 Å². The van der Waals surface area contributed by atoms with Gasteiger partial charge in [-0.25, -0.2) is 8.42 Å². The van der Waals surface area contributed by atoms with Gasteiger partial charge in [-0.3, -0.25) is 13.9 Å². The molecule has 8 nitrogen and oxygen atoms in total. The van der Waals surface area contributed by atoms with Crippen molar-refractivity contribution in [2.24, 2.45) is 0 Å². The van der Waals surface area contributed by atoms with E-state index in [1.165, 1.54) is 10.6 Å². The minimum absolute atomic E-state index is 0.114. The number of likely N-dealkylation sites (N-methyl/N-ethyl adjacent to an activating group) is 1. The Morgan fingerprint density at radius 3 is 2.28 bits per heavy atom. The zero-order valence-corrected chi connectivity index (χ0v) is 23.0. The van der Waals surface area contributed by atoms with Crippen molar-refractivity contribution in [1.82, 2.24) is 10.2 Å². The van der Waals surface area contributed by atoms with E-state index in [0.717, 1.165) is 16.7 Å². The number of aryl methyl sites for hydroxylation is 2. The Labute approximate surface area is 215 Å². The minimum atomic E-state index is -3.54. The molecule has 0 aliphatic heterocycles. The van der Waals surface area contributed by atoms with Crippen LogP contribution in [-0.4, -0.2) is 57.6 Å². The summed E-state index contributed by atoms with van der Waals surface area (Å²) in [5.74, 6) is 0.313. The molecule has 0 fully saturated rings. The molecule has 0 bridgehead atoms. The van der Waals surface area contributed by atoms with Gasteiger partial charge in [0.25, 0.3) is 0 Å². The molecular formula is C27H39N3O5S.